The second-order valence-electron chi connectivity index (χ2n) is 5.61. The van der Waals surface area contributed by atoms with E-state index in [1.165, 1.54) is 0 Å². The van der Waals surface area contributed by atoms with E-state index in [1.807, 2.05) is 0 Å². The molecule has 0 spiro atoms. The molecular weight excluding hydrogens is 242 g/mol. The number of piperidine rings is 1. The van der Waals surface area contributed by atoms with Crippen LogP contribution >= 0.6 is 0 Å². The smallest absolute Gasteiger partial charge is 0.239 e. The predicted octanol–water partition coefficient (Wildman–Crippen LogP) is 0.502. The van der Waals surface area contributed by atoms with Gasteiger partial charge in [-0.05, 0) is 32.2 Å². The van der Waals surface area contributed by atoms with Gasteiger partial charge < -0.3 is 15.5 Å². The van der Waals surface area contributed by atoms with E-state index >= 15 is 0 Å². The molecule has 2 atom stereocenters. The number of carbonyl (C=O) groups excluding carboxylic acids is 2. The van der Waals surface area contributed by atoms with Gasteiger partial charge in [-0.2, -0.15) is 0 Å². The molecule has 108 valence electrons. The molecule has 5 heteroatoms. The Bertz CT molecular complexity index is 342. The molecule has 0 aliphatic carbocycles. The number of fused-ring (bicyclic) bond motifs is 1. The van der Waals surface area contributed by atoms with Crippen LogP contribution in [0.5, 0.6) is 0 Å². The molecule has 0 radical (unpaired) electrons. The van der Waals surface area contributed by atoms with Crippen molar-refractivity contribution < 1.29 is 9.59 Å². The van der Waals surface area contributed by atoms with E-state index in [0.29, 0.717) is 6.54 Å². The SMILES string of the molecule is CCC(CC)NC(=O)CN1CC2NCCCC2C1=O. The quantitative estimate of drug-likeness (QED) is 0.762. The van der Waals surface area contributed by atoms with Gasteiger partial charge in [-0.15, -0.1) is 0 Å². The van der Waals surface area contributed by atoms with Crippen molar-refractivity contribution in [3.05, 3.63) is 0 Å². The molecule has 2 saturated heterocycles. The Balaban J connectivity index is 1.86. The summed E-state index contributed by atoms with van der Waals surface area (Å²) in [6.07, 6.45) is 3.88. The van der Waals surface area contributed by atoms with Crippen LogP contribution in [0.25, 0.3) is 0 Å². The van der Waals surface area contributed by atoms with Crippen molar-refractivity contribution in [3.63, 3.8) is 0 Å². The molecule has 0 bridgehead atoms. The maximum absolute atomic E-state index is 12.2. The van der Waals surface area contributed by atoms with E-state index in [4.69, 9.17) is 0 Å². The Kier molecular flexibility index (Phi) is 4.80. The van der Waals surface area contributed by atoms with Crippen LogP contribution in [0.3, 0.4) is 0 Å². The fraction of sp³-hybridized carbons (Fsp3) is 0.857. The summed E-state index contributed by atoms with van der Waals surface area (Å²) < 4.78 is 0. The molecule has 0 aromatic heterocycles. The highest BCUT2D eigenvalue weighted by atomic mass is 16.2. The summed E-state index contributed by atoms with van der Waals surface area (Å²) in [5.74, 6) is 0.215. The Morgan fingerprint density at radius 1 is 1.47 bits per heavy atom. The fourth-order valence-corrected chi connectivity index (χ4v) is 3.08. The van der Waals surface area contributed by atoms with Crippen LogP contribution in [0.2, 0.25) is 0 Å². The largest absolute Gasteiger partial charge is 0.352 e. The molecule has 2 heterocycles. The van der Waals surface area contributed by atoms with Gasteiger partial charge in [0.25, 0.3) is 0 Å². The summed E-state index contributed by atoms with van der Waals surface area (Å²) in [6.45, 7) is 6.01. The standard InChI is InChI=1S/C14H25N3O2/c1-3-10(4-2)16-13(18)9-17-8-12-11(14(17)19)6-5-7-15-12/h10-12,15H,3-9H2,1-2H3,(H,16,18). The molecule has 2 aliphatic heterocycles. The summed E-state index contributed by atoms with van der Waals surface area (Å²) in [6, 6.07) is 0.479. The first-order valence-corrected chi connectivity index (χ1v) is 7.47. The first-order valence-electron chi connectivity index (χ1n) is 7.47. The highest BCUT2D eigenvalue weighted by molar-refractivity contribution is 5.88. The van der Waals surface area contributed by atoms with E-state index in [0.717, 1.165) is 32.2 Å². The van der Waals surface area contributed by atoms with Gasteiger partial charge in [0.15, 0.2) is 0 Å². The first kappa shape index (κ1) is 14.3. The molecule has 2 rings (SSSR count). The third-order valence-electron chi connectivity index (χ3n) is 4.32. The van der Waals surface area contributed by atoms with Crippen LogP contribution in [0.15, 0.2) is 0 Å². The van der Waals surface area contributed by atoms with Crippen molar-refractivity contribution in [2.75, 3.05) is 19.6 Å². The zero-order valence-electron chi connectivity index (χ0n) is 11.9. The van der Waals surface area contributed by atoms with Crippen molar-refractivity contribution in [3.8, 4) is 0 Å². The molecule has 0 saturated carbocycles. The van der Waals surface area contributed by atoms with E-state index in [1.54, 1.807) is 4.90 Å². The van der Waals surface area contributed by atoms with Crippen molar-refractivity contribution in [1.29, 1.82) is 0 Å². The second-order valence-corrected chi connectivity index (χ2v) is 5.61. The highest BCUT2D eigenvalue weighted by Crippen LogP contribution is 2.25. The molecule has 19 heavy (non-hydrogen) atoms. The average molecular weight is 267 g/mol. The van der Waals surface area contributed by atoms with Crippen molar-refractivity contribution in [1.82, 2.24) is 15.5 Å². The summed E-state index contributed by atoms with van der Waals surface area (Å²) >= 11 is 0. The van der Waals surface area contributed by atoms with Crippen LogP contribution in [-0.4, -0.2) is 48.4 Å². The normalized spacial score (nSPS) is 26.7. The van der Waals surface area contributed by atoms with Gasteiger partial charge in [-0.25, -0.2) is 0 Å². The van der Waals surface area contributed by atoms with Gasteiger partial charge in [0.2, 0.25) is 11.8 Å². The number of rotatable bonds is 5. The summed E-state index contributed by atoms with van der Waals surface area (Å²) in [4.78, 5) is 25.9. The van der Waals surface area contributed by atoms with Crippen LogP contribution < -0.4 is 10.6 Å². The first-order chi connectivity index (χ1) is 9.15. The lowest BCUT2D eigenvalue weighted by atomic mass is 9.94. The number of amides is 2. The van der Waals surface area contributed by atoms with Gasteiger partial charge in [0.05, 0.1) is 12.5 Å². The number of hydrogen-bond acceptors (Lipinski definition) is 3. The van der Waals surface area contributed by atoms with Gasteiger partial charge >= 0.3 is 0 Å². The van der Waals surface area contributed by atoms with Crippen molar-refractivity contribution in [2.24, 2.45) is 5.92 Å². The second kappa shape index (κ2) is 6.37. The number of nitrogens with one attached hydrogen (secondary N) is 2. The summed E-state index contributed by atoms with van der Waals surface area (Å²) in [5.41, 5.74) is 0. The monoisotopic (exact) mass is 267 g/mol. The Morgan fingerprint density at radius 2 is 2.21 bits per heavy atom. The molecule has 2 N–H and O–H groups in total. The number of carbonyl (C=O) groups is 2. The van der Waals surface area contributed by atoms with Gasteiger partial charge in [-0.1, -0.05) is 13.8 Å². The zero-order valence-corrected chi connectivity index (χ0v) is 11.9. The van der Waals surface area contributed by atoms with Gasteiger partial charge in [-0.3, -0.25) is 9.59 Å². The summed E-state index contributed by atoms with van der Waals surface area (Å²) in [5, 5.41) is 6.38. The average Bonchev–Trinajstić information content (AvgIpc) is 2.73. The van der Waals surface area contributed by atoms with Crippen LogP contribution in [0.1, 0.15) is 39.5 Å². The molecule has 2 unspecified atom stereocenters. The molecule has 0 aromatic carbocycles. The lowest BCUT2D eigenvalue weighted by molar-refractivity contribution is -0.135. The van der Waals surface area contributed by atoms with Crippen LogP contribution in [0, 0.1) is 5.92 Å². The molecule has 2 amide bonds. The van der Waals surface area contributed by atoms with E-state index in [-0.39, 0.29) is 36.4 Å². The Hall–Kier alpha value is -1.10. The van der Waals surface area contributed by atoms with E-state index in [2.05, 4.69) is 24.5 Å². The number of hydrogen-bond donors (Lipinski definition) is 2. The minimum Gasteiger partial charge on any atom is -0.352 e. The van der Waals surface area contributed by atoms with Gasteiger partial charge in [0, 0.05) is 18.6 Å². The number of likely N-dealkylation sites (tertiary alicyclic amines) is 1. The van der Waals surface area contributed by atoms with Crippen molar-refractivity contribution in [2.45, 2.75) is 51.6 Å². The van der Waals surface area contributed by atoms with Crippen LogP contribution in [-0.2, 0) is 9.59 Å². The Morgan fingerprint density at radius 3 is 2.84 bits per heavy atom. The Labute approximate surface area is 115 Å². The summed E-state index contributed by atoms with van der Waals surface area (Å²) in [7, 11) is 0. The van der Waals surface area contributed by atoms with Crippen LogP contribution in [0.4, 0.5) is 0 Å². The molecular formula is C14H25N3O2. The minimum absolute atomic E-state index is 0.0271. The minimum atomic E-state index is -0.0271. The molecule has 2 aliphatic rings. The van der Waals surface area contributed by atoms with Crippen molar-refractivity contribution >= 4 is 11.8 Å². The lowest BCUT2D eigenvalue weighted by Crippen LogP contribution is -2.43. The predicted molar refractivity (Wildman–Crippen MR) is 73.6 cm³/mol. The molecule has 0 aromatic rings. The third kappa shape index (κ3) is 3.26. The topological polar surface area (TPSA) is 61.4 Å². The number of nitrogens with zero attached hydrogens (tertiary/aromatic N) is 1. The highest BCUT2D eigenvalue weighted by Gasteiger charge is 2.41. The third-order valence-corrected chi connectivity index (χ3v) is 4.32. The van der Waals surface area contributed by atoms with E-state index in [9.17, 15) is 9.59 Å². The van der Waals surface area contributed by atoms with Gasteiger partial charge in [0.1, 0.15) is 0 Å². The maximum atomic E-state index is 12.2. The molecule has 5 nitrogen and oxygen atoms in total. The zero-order chi connectivity index (χ0) is 13.8. The lowest BCUT2D eigenvalue weighted by Gasteiger charge is -2.23. The maximum Gasteiger partial charge on any atom is 0.239 e. The molecule has 2 fully saturated rings. The van der Waals surface area contributed by atoms with E-state index < -0.39 is 0 Å². The fourth-order valence-electron chi connectivity index (χ4n) is 3.08.